The summed E-state index contributed by atoms with van der Waals surface area (Å²) in [5.41, 5.74) is -0.491. The second kappa shape index (κ2) is 3.66. The van der Waals surface area contributed by atoms with Crippen molar-refractivity contribution >= 4 is 15.7 Å². The summed E-state index contributed by atoms with van der Waals surface area (Å²) >= 11 is 0. The molecule has 0 bridgehead atoms. The lowest BCUT2D eigenvalue weighted by Gasteiger charge is -2.47. The molecule has 0 aromatic heterocycles. The third-order valence-electron chi connectivity index (χ3n) is 2.44. The van der Waals surface area contributed by atoms with Crippen molar-refractivity contribution in [1.82, 2.24) is 4.90 Å². The normalized spacial score (nSPS) is 28.6. The minimum absolute atomic E-state index is 0.164. The molecule has 1 saturated heterocycles. The van der Waals surface area contributed by atoms with Crippen LogP contribution in [0.2, 0.25) is 5.04 Å². The van der Waals surface area contributed by atoms with Crippen LogP contribution in [0.5, 0.6) is 0 Å². The van der Waals surface area contributed by atoms with E-state index in [1.807, 2.05) is 18.7 Å². The van der Waals surface area contributed by atoms with E-state index in [0.29, 0.717) is 0 Å². The summed E-state index contributed by atoms with van der Waals surface area (Å²) in [6.45, 7) is 12.0. The lowest BCUT2D eigenvalue weighted by atomic mass is 9.96. The Morgan fingerprint density at radius 3 is 2.50 bits per heavy atom. The number of hydrogen-bond donors (Lipinski definition) is 0. The standard InChI is InChI=1S/C10H21NO2Si/c1-6-11-7-10(5,8(11)12)13-14-9(2,3)4/h6-7,14H2,1-5H3. The molecule has 1 amide bonds. The van der Waals surface area contributed by atoms with Gasteiger partial charge in [0.15, 0.2) is 9.76 Å². The van der Waals surface area contributed by atoms with E-state index in [1.165, 1.54) is 0 Å². The highest BCUT2D eigenvalue weighted by Crippen LogP contribution is 2.29. The molecule has 1 rings (SSSR count). The van der Waals surface area contributed by atoms with Crippen LogP contribution in [0.1, 0.15) is 34.6 Å². The highest BCUT2D eigenvalue weighted by atomic mass is 28.2. The number of nitrogens with zero attached hydrogens (tertiary/aromatic N) is 1. The molecule has 0 aromatic rings. The van der Waals surface area contributed by atoms with Crippen LogP contribution < -0.4 is 0 Å². The highest BCUT2D eigenvalue weighted by molar-refractivity contribution is 6.32. The molecule has 0 radical (unpaired) electrons. The Morgan fingerprint density at radius 1 is 1.57 bits per heavy atom. The second-order valence-electron chi connectivity index (χ2n) is 5.40. The van der Waals surface area contributed by atoms with Gasteiger partial charge in [0.25, 0.3) is 5.91 Å². The van der Waals surface area contributed by atoms with Crippen LogP contribution in [0.4, 0.5) is 0 Å². The third kappa shape index (κ3) is 2.36. The number of likely N-dealkylation sites (tertiary alicyclic amines) is 1. The van der Waals surface area contributed by atoms with Gasteiger partial charge in [-0.1, -0.05) is 20.8 Å². The Kier molecular flexibility index (Phi) is 3.06. The van der Waals surface area contributed by atoms with Crippen LogP contribution in [0, 0.1) is 0 Å². The lowest BCUT2D eigenvalue weighted by molar-refractivity contribution is -0.167. The summed E-state index contributed by atoms with van der Waals surface area (Å²) in [4.78, 5) is 13.5. The molecule has 0 aromatic carbocycles. The number of amides is 1. The zero-order chi connectivity index (χ0) is 11.0. The van der Waals surface area contributed by atoms with E-state index < -0.39 is 15.4 Å². The highest BCUT2D eigenvalue weighted by Gasteiger charge is 2.48. The number of β-lactam (4-membered cyclic amide) rings is 1. The van der Waals surface area contributed by atoms with Gasteiger partial charge >= 0.3 is 0 Å². The third-order valence-corrected chi connectivity index (χ3v) is 4.09. The molecular formula is C10H21NO2Si. The molecule has 1 atom stereocenters. The number of likely N-dealkylation sites (N-methyl/N-ethyl adjacent to an activating group) is 1. The van der Waals surface area contributed by atoms with Gasteiger partial charge in [-0.2, -0.15) is 0 Å². The van der Waals surface area contributed by atoms with E-state index in [9.17, 15) is 4.79 Å². The molecule has 3 nitrogen and oxygen atoms in total. The molecule has 0 N–H and O–H groups in total. The van der Waals surface area contributed by atoms with Crippen molar-refractivity contribution in [3.8, 4) is 0 Å². The van der Waals surface area contributed by atoms with E-state index in [0.717, 1.165) is 13.1 Å². The quantitative estimate of drug-likeness (QED) is 0.518. The summed E-state index contributed by atoms with van der Waals surface area (Å²) in [7, 11) is -0.624. The van der Waals surface area contributed by atoms with Crippen molar-refractivity contribution < 1.29 is 9.22 Å². The summed E-state index contributed by atoms with van der Waals surface area (Å²) in [5, 5.41) is 0.260. The fourth-order valence-electron chi connectivity index (χ4n) is 1.49. The first-order valence-corrected chi connectivity index (χ1v) is 6.50. The molecule has 4 heteroatoms. The monoisotopic (exact) mass is 215 g/mol. The largest absolute Gasteiger partial charge is 0.408 e. The number of carbonyl (C=O) groups excluding carboxylic acids is 1. The molecular weight excluding hydrogens is 194 g/mol. The molecule has 82 valence electrons. The molecule has 0 spiro atoms. The van der Waals surface area contributed by atoms with Gasteiger partial charge in [-0.05, 0) is 18.9 Å². The molecule has 1 fully saturated rings. The van der Waals surface area contributed by atoms with E-state index in [4.69, 9.17) is 4.43 Å². The first-order chi connectivity index (χ1) is 6.28. The van der Waals surface area contributed by atoms with Crippen LogP contribution in [-0.2, 0) is 9.22 Å². The maximum atomic E-state index is 11.7. The van der Waals surface area contributed by atoms with E-state index in [1.54, 1.807) is 0 Å². The van der Waals surface area contributed by atoms with Crippen molar-refractivity contribution in [2.24, 2.45) is 0 Å². The van der Waals surface area contributed by atoms with Crippen LogP contribution in [0.15, 0.2) is 0 Å². The summed E-state index contributed by atoms with van der Waals surface area (Å²) < 4.78 is 5.82. The van der Waals surface area contributed by atoms with Crippen molar-refractivity contribution in [3.63, 3.8) is 0 Å². The van der Waals surface area contributed by atoms with Crippen LogP contribution in [-0.4, -0.2) is 39.3 Å². The molecule has 1 heterocycles. The fourth-order valence-corrected chi connectivity index (χ4v) is 2.45. The summed E-state index contributed by atoms with van der Waals surface area (Å²) in [5.74, 6) is 0.164. The maximum Gasteiger partial charge on any atom is 0.255 e. The molecule has 0 saturated carbocycles. The topological polar surface area (TPSA) is 29.5 Å². The van der Waals surface area contributed by atoms with Crippen molar-refractivity contribution in [2.75, 3.05) is 13.1 Å². The van der Waals surface area contributed by atoms with Crippen molar-refractivity contribution in [2.45, 2.75) is 45.3 Å². The number of rotatable bonds is 3. The Hall–Kier alpha value is -0.353. The zero-order valence-electron chi connectivity index (χ0n) is 9.89. The Morgan fingerprint density at radius 2 is 2.14 bits per heavy atom. The van der Waals surface area contributed by atoms with Gasteiger partial charge in [0.2, 0.25) is 0 Å². The maximum absolute atomic E-state index is 11.7. The first-order valence-electron chi connectivity index (χ1n) is 5.22. The summed E-state index contributed by atoms with van der Waals surface area (Å²) in [6.07, 6.45) is 0. The van der Waals surface area contributed by atoms with Crippen LogP contribution in [0.25, 0.3) is 0 Å². The Bertz CT molecular complexity index is 237. The van der Waals surface area contributed by atoms with E-state index in [2.05, 4.69) is 20.8 Å². The molecule has 0 aliphatic carbocycles. The SMILES string of the molecule is CCN1CC(C)(O[SiH2]C(C)(C)C)C1=O. The van der Waals surface area contributed by atoms with Gasteiger partial charge in [-0.15, -0.1) is 0 Å². The predicted octanol–water partition coefficient (Wildman–Crippen LogP) is 0.926. The Labute approximate surface area is 88.8 Å². The molecule has 14 heavy (non-hydrogen) atoms. The summed E-state index contributed by atoms with van der Waals surface area (Å²) in [6, 6.07) is 0. The van der Waals surface area contributed by atoms with Crippen molar-refractivity contribution in [3.05, 3.63) is 0 Å². The minimum atomic E-state index is -0.624. The van der Waals surface area contributed by atoms with Gasteiger partial charge in [0, 0.05) is 6.54 Å². The smallest absolute Gasteiger partial charge is 0.255 e. The van der Waals surface area contributed by atoms with Crippen LogP contribution in [0.3, 0.4) is 0 Å². The van der Waals surface area contributed by atoms with Crippen LogP contribution >= 0.6 is 0 Å². The molecule has 1 aliphatic heterocycles. The van der Waals surface area contributed by atoms with Gasteiger partial charge in [-0.25, -0.2) is 0 Å². The molecule has 1 unspecified atom stereocenters. The van der Waals surface area contributed by atoms with Gasteiger partial charge in [0.1, 0.15) is 5.60 Å². The molecule has 1 aliphatic rings. The average molecular weight is 215 g/mol. The number of carbonyl (C=O) groups is 1. The first kappa shape index (κ1) is 11.7. The minimum Gasteiger partial charge on any atom is -0.408 e. The number of hydrogen-bond acceptors (Lipinski definition) is 2. The van der Waals surface area contributed by atoms with Gasteiger partial charge < -0.3 is 9.33 Å². The Balaban J connectivity index is 2.43. The van der Waals surface area contributed by atoms with E-state index in [-0.39, 0.29) is 10.9 Å². The fraction of sp³-hybridized carbons (Fsp3) is 0.900. The van der Waals surface area contributed by atoms with Gasteiger partial charge in [-0.3, -0.25) is 4.79 Å². The van der Waals surface area contributed by atoms with Crippen molar-refractivity contribution in [1.29, 1.82) is 0 Å². The average Bonchev–Trinajstić information content (AvgIpc) is 2.09. The zero-order valence-corrected chi connectivity index (χ0v) is 11.3. The van der Waals surface area contributed by atoms with Gasteiger partial charge in [0.05, 0.1) is 6.54 Å². The predicted molar refractivity (Wildman–Crippen MR) is 60.0 cm³/mol. The lowest BCUT2D eigenvalue weighted by Crippen LogP contribution is -2.66. The second-order valence-corrected chi connectivity index (χ2v) is 8.10. The van der Waals surface area contributed by atoms with E-state index >= 15 is 0 Å².